The van der Waals surface area contributed by atoms with Crippen LogP contribution in [0.15, 0.2) is 42.5 Å². The molecular formula is C14H11F2N3O2. The summed E-state index contributed by atoms with van der Waals surface area (Å²) in [5.74, 6) is -2.79. The third-order valence-electron chi connectivity index (χ3n) is 2.60. The summed E-state index contributed by atoms with van der Waals surface area (Å²) in [4.78, 5) is 22.5. The summed E-state index contributed by atoms with van der Waals surface area (Å²) >= 11 is 0. The summed E-state index contributed by atoms with van der Waals surface area (Å²) < 4.78 is 26.9. The number of carbonyl (C=O) groups is 2. The smallest absolute Gasteiger partial charge is 0.316 e. The highest BCUT2D eigenvalue weighted by atomic mass is 19.1. The number of hydrogen-bond donors (Lipinski definition) is 3. The van der Waals surface area contributed by atoms with Crippen LogP contribution in [-0.4, -0.2) is 11.9 Å². The summed E-state index contributed by atoms with van der Waals surface area (Å²) in [5.41, 5.74) is 5.04. The van der Waals surface area contributed by atoms with Crippen molar-refractivity contribution in [3.63, 3.8) is 0 Å². The average molecular weight is 291 g/mol. The Labute approximate surface area is 118 Å². The van der Waals surface area contributed by atoms with Gasteiger partial charge in [0.05, 0.1) is 0 Å². The van der Waals surface area contributed by atoms with Gasteiger partial charge in [0.1, 0.15) is 17.2 Å². The zero-order valence-corrected chi connectivity index (χ0v) is 10.7. The van der Waals surface area contributed by atoms with Gasteiger partial charge in [-0.2, -0.15) is 0 Å². The lowest BCUT2D eigenvalue weighted by atomic mass is 10.1. The zero-order valence-electron chi connectivity index (χ0n) is 10.7. The number of primary amides is 1. The van der Waals surface area contributed by atoms with Crippen LogP contribution in [0.1, 0.15) is 10.4 Å². The van der Waals surface area contributed by atoms with Gasteiger partial charge in [-0.25, -0.2) is 13.6 Å². The monoisotopic (exact) mass is 291 g/mol. The fraction of sp³-hybridized carbons (Fsp3) is 0. The van der Waals surface area contributed by atoms with E-state index < -0.39 is 29.1 Å². The van der Waals surface area contributed by atoms with Crippen LogP contribution in [-0.2, 0) is 0 Å². The molecule has 0 aliphatic heterocycles. The van der Waals surface area contributed by atoms with Gasteiger partial charge in [-0.1, -0.05) is 6.07 Å². The number of amides is 3. The molecule has 0 atom stereocenters. The van der Waals surface area contributed by atoms with Crippen molar-refractivity contribution in [1.29, 1.82) is 0 Å². The maximum atomic E-state index is 13.4. The summed E-state index contributed by atoms with van der Waals surface area (Å²) in [7, 11) is 0. The van der Waals surface area contributed by atoms with Crippen LogP contribution in [0.2, 0.25) is 0 Å². The molecule has 0 spiro atoms. The van der Waals surface area contributed by atoms with E-state index in [0.29, 0.717) is 11.4 Å². The van der Waals surface area contributed by atoms with Crippen molar-refractivity contribution in [2.75, 3.05) is 10.6 Å². The van der Waals surface area contributed by atoms with Gasteiger partial charge in [-0.3, -0.25) is 4.79 Å². The largest absolute Gasteiger partial charge is 0.351 e. The Balaban J connectivity index is 2.14. The Morgan fingerprint density at radius 1 is 0.857 bits per heavy atom. The molecule has 7 heteroatoms. The van der Waals surface area contributed by atoms with Crippen molar-refractivity contribution in [2.24, 2.45) is 5.73 Å². The van der Waals surface area contributed by atoms with Crippen molar-refractivity contribution in [3.05, 3.63) is 59.7 Å². The van der Waals surface area contributed by atoms with Crippen molar-refractivity contribution in [3.8, 4) is 0 Å². The number of nitrogens with two attached hydrogens (primary N) is 1. The van der Waals surface area contributed by atoms with E-state index in [9.17, 15) is 18.4 Å². The van der Waals surface area contributed by atoms with E-state index in [1.807, 2.05) is 0 Å². The highest BCUT2D eigenvalue weighted by molar-refractivity contribution is 6.04. The zero-order chi connectivity index (χ0) is 15.4. The third-order valence-corrected chi connectivity index (χ3v) is 2.60. The maximum absolute atomic E-state index is 13.4. The summed E-state index contributed by atoms with van der Waals surface area (Å²) in [6, 6.07) is 8.34. The molecule has 0 aliphatic carbocycles. The molecule has 3 amide bonds. The highest BCUT2D eigenvalue weighted by Crippen LogP contribution is 2.17. The first-order valence-electron chi connectivity index (χ1n) is 5.89. The number of anilines is 2. The van der Waals surface area contributed by atoms with Gasteiger partial charge in [0.25, 0.3) is 5.91 Å². The molecule has 0 bridgehead atoms. The van der Waals surface area contributed by atoms with E-state index in [1.165, 1.54) is 30.3 Å². The molecule has 0 heterocycles. The predicted molar refractivity (Wildman–Crippen MR) is 74.0 cm³/mol. The first-order chi connectivity index (χ1) is 9.97. The van der Waals surface area contributed by atoms with Gasteiger partial charge in [0, 0.05) is 11.4 Å². The Hall–Kier alpha value is -2.96. The quantitative estimate of drug-likeness (QED) is 0.812. The topological polar surface area (TPSA) is 84.2 Å². The van der Waals surface area contributed by atoms with E-state index in [1.54, 1.807) is 0 Å². The van der Waals surface area contributed by atoms with Crippen LogP contribution >= 0.6 is 0 Å². The molecule has 0 fully saturated rings. The fourth-order valence-electron chi connectivity index (χ4n) is 1.69. The van der Waals surface area contributed by atoms with Crippen LogP contribution in [0.5, 0.6) is 0 Å². The number of carbonyl (C=O) groups excluding carboxylic acids is 2. The van der Waals surface area contributed by atoms with E-state index in [-0.39, 0.29) is 0 Å². The first kappa shape index (κ1) is 14.4. The standard InChI is InChI=1S/C14H11F2N3O2/c15-10-2-1-3-11(16)12(10)13(20)18-8-4-6-9(7-5-8)19-14(17)21/h1-7H,(H,18,20)(H3,17,19,21). The third kappa shape index (κ3) is 3.53. The predicted octanol–water partition coefficient (Wildman–Crippen LogP) is 2.71. The second-order valence-electron chi connectivity index (χ2n) is 4.12. The molecular weight excluding hydrogens is 280 g/mol. The number of halogens is 2. The minimum absolute atomic E-state index is 0.317. The highest BCUT2D eigenvalue weighted by Gasteiger charge is 2.16. The molecule has 0 saturated carbocycles. The van der Waals surface area contributed by atoms with Gasteiger partial charge in [0.15, 0.2) is 0 Å². The normalized spacial score (nSPS) is 10.0. The van der Waals surface area contributed by atoms with E-state index in [2.05, 4.69) is 10.6 Å². The molecule has 0 aromatic heterocycles. The average Bonchev–Trinajstić information content (AvgIpc) is 2.40. The Morgan fingerprint density at radius 2 is 1.33 bits per heavy atom. The lowest BCUT2D eigenvalue weighted by Gasteiger charge is -2.08. The van der Waals surface area contributed by atoms with Gasteiger partial charge < -0.3 is 16.4 Å². The second-order valence-corrected chi connectivity index (χ2v) is 4.12. The SMILES string of the molecule is NC(=O)Nc1ccc(NC(=O)c2c(F)cccc2F)cc1. The van der Waals surface area contributed by atoms with Crippen molar-refractivity contribution in [2.45, 2.75) is 0 Å². The minimum Gasteiger partial charge on any atom is -0.351 e. The minimum atomic E-state index is -0.945. The molecule has 0 radical (unpaired) electrons. The number of hydrogen-bond acceptors (Lipinski definition) is 2. The summed E-state index contributed by atoms with van der Waals surface area (Å²) in [5, 5.41) is 4.70. The molecule has 2 aromatic carbocycles. The van der Waals surface area contributed by atoms with Gasteiger partial charge >= 0.3 is 6.03 Å². The number of benzene rings is 2. The molecule has 4 N–H and O–H groups in total. The van der Waals surface area contributed by atoms with Gasteiger partial charge in [-0.15, -0.1) is 0 Å². The fourth-order valence-corrected chi connectivity index (χ4v) is 1.69. The second kappa shape index (κ2) is 6.00. The Bertz CT molecular complexity index is 667. The number of rotatable bonds is 3. The molecule has 2 aromatic rings. The molecule has 5 nitrogen and oxygen atoms in total. The summed E-state index contributed by atoms with van der Waals surface area (Å²) in [6.07, 6.45) is 0. The van der Waals surface area contributed by atoms with Gasteiger partial charge in [0.2, 0.25) is 0 Å². The van der Waals surface area contributed by atoms with Gasteiger partial charge in [-0.05, 0) is 36.4 Å². The number of urea groups is 1. The molecule has 0 saturated heterocycles. The maximum Gasteiger partial charge on any atom is 0.316 e. The van der Waals surface area contributed by atoms with Crippen molar-refractivity contribution in [1.82, 2.24) is 0 Å². The van der Waals surface area contributed by atoms with Crippen LogP contribution in [0.3, 0.4) is 0 Å². The molecule has 0 unspecified atom stereocenters. The van der Waals surface area contributed by atoms with Crippen molar-refractivity contribution < 1.29 is 18.4 Å². The van der Waals surface area contributed by atoms with E-state index >= 15 is 0 Å². The molecule has 21 heavy (non-hydrogen) atoms. The first-order valence-corrected chi connectivity index (χ1v) is 5.89. The lowest BCUT2D eigenvalue weighted by molar-refractivity contribution is 0.101. The lowest BCUT2D eigenvalue weighted by Crippen LogP contribution is -2.19. The molecule has 2 rings (SSSR count). The van der Waals surface area contributed by atoms with Crippen LogP contribution in [0, 0.1) is 11.6 Å². The van der Waals surface area contributed by atoms with Crippen LogP contribution in [0.4, 0.5) is 25.0 Å². The Morgan fingerprint density at radius 3 is 1.81 bits per heavy atom. The molecule has 108 valence electrons. The Kier molecular flexibility index (Phi) is 4.13. The van der Waals surface area contributed by atoms with Crippen LogP contribution in [0.25, 0.3) is 0 Å². The van der Waals surface area contributed by atoms with Crippen molar-refractivity contribution >= 4 is 23.3 Å². The van der Waals surface area contributed by atoms with Crippen LogP contribution < -0.4 is 16.4 Å². The molecule has 0 aliphatic rings. The van der Waals surface area contributed by atoms with E-state index in [4.69, 9.17) is 5.73 Å². The number of nitrogens with one attached hydrogen (secondary N) is 2. The summed E-state index contributed by atoms with van der Waals surface area (Å²) in [6.45, 7) is 0. The van der Waals surface area contributed by atoms with E-state index in [0.717, 1.165) is 12.1 Å².